The van der Waals surface area contributed by atoms with E-state index in [4.69, 9.17) is 0 Å². The van der Waals surface area contributed by atoms with E-state index >= 15 is 0 Å². The van der Waals surface area contributed by atoms with Crippen LogP contribution in [0.3, 0.4) is 0 Å². The van der Waals surface area contributed by atoms with Crippen LogP contribution in [-0.4, -0.2) is 23.9 Å². The maximum atomic E-state index is 12.4. The molecule has 0 spiro atoms. The highest BCUT2D eigenvalue weighted by atomic mass is 16.1. The Morgan fingerprint density at radius 1 is 1.00 bits per heavy atom. The normalized spacial score (nSPS) is 17.5. The maximum absolute atomic E-state index is 12.4. The Morgan fingerprint density at radius 3 is 2.61 bits per heavy atom. The summed E-state index contributed by atoms with van der Waals surface area (Å²) in [4.78, 5) is 16.6. The van der Waals surface area contributed by atoms with Crippen LogP contribution in [0.1, 0.15) is 16.8 Å². The lowest BCUT2D eigenvalue weighted by molar-refractivity contribution is 0.0930. The lowest BCUT2D eigenvalue weighted by Gasteiger charge is -2.09. The predicted molar refractivity (Wildman–Crippen MR) is 92.5 cm³/mol. The van der Waals surface area contributed by atoms with Crippen molar-refractivity contribution in [2.24, 2.45) is 5.92 Å². The first-order chi connectivity index (χ1) is 11.3. The molecule has 1 atom stereocenters. The number of nitrogens with zero attached hydrogens (tertiary/aromatic N) is 1. The van der Waals surface area contributed by atoms with Gasteiger partial charge in [-0.05, 0) is 41.6 Å². The van der Waals surface area contributed by atoms with Gasteiger partial charge in [-0.2, -0.15) is 0 Å². The van der Waals surface area contributed by atoms with Gasteiger partial charge < -0.3 is 5.32 Å². The molecule has 23 heavy (non-hydrogen) atoms. The third kappa shape index (κ3) is 2.76. The molecule has 3 heteroatoms. The fourth-order valence-corrected chi connectivity index (χ4v) is 3.20. The number of ketones is 1. The van der Waals surface area contributed by atoms with E-state index in [0.29, 0.717) is 0 Å². The maximum Gasteiger partial charge on any atom is 0.167 e. The van der Waals surface area contributed by atoms with Crippen LogP contribution in [0.5, 0.6) is 0 Å². The highest BCUT2D eigenvalue weighted by molar-refractivity contribution is 5.98. The highest BCUT2D eigenvalue weighted by Gasteiger charge is 2.23. The molecule has 2 heterocycles. The Kier molecular flexibility index (Phi) is 3.64. The lowest BCUT2D eigenvalue weighted by Crippen LogP contribution is -2.17. The van der Waals surface area contributed by atoms with Gasteiger partial charge in [-0.1, -0.05) is 36.4 Å². The summed E-state index contributed by atoms with van der Waals surface area (Å²) in [5.41, 5.74) is 3.10. The van der Waals surface area contributed by atoms with E-state index in [1.807, 2.05) is 42.7 Å². The van der Waals surface area contributed by atoms with Crippen molar-refractivity contribution in [1.29, 1.82) is 0 Å². The molecule has 1 aromatic heterocycles. The standard InChI is InChI=1S/C20H18N2O/c23-20(19-8-10-22-13-19)15-3-1-14(2-4-15)16-5-6-18-12-21-9-7-17(18)11-16/h1-7,9,11-12,19,22H,8,10,13H2. The first-order valence-corrected chi connectivity index (χ1v) is 8.00. The minimum atomic E-state index is 0.133. The number of benzene rings is 2. The molecule has 114 valence electrons. The molecule has 3 nitrogen and oxygen atoms in total. The largest absolute Gasteiger partial charge is 0.316 e. The summed E-state index contributed by atoms with van der Waals surface area (Å²) >= 11 is 0. The zero-order valence-corrected chi connectivity index (χ0v) is 12.8. The monoisotopic (exact) mass is 302 g/mol. The van der Waals surface area contributed by atoms with E-state index < -0.39 is 0 Å². The molecule has 3 aromatic rings. The van der Waals surface area contributed by atoms with Crippen LogP contribution in [0, 0.1) is 5.92 Å². The number of fused-ring (bicyclic) bond motifs is 1. The van der Waals surface area contributed by atoms with Crippen LogP contribution >= 0.6 is 0 Å². The molecule has 1 aliphatic heterocycles. The minimum absolute atomic E-state index is 0.133. The Bertz CT molecular complexity index is 849. The average Bonchev–Trinajstić information content (AvgIpc) is 3.15. The van der Waals surface area contributed by atoms with Crippen LogP contribution in [0.4, 0.5) is 0 Å². The van der Waals surface area contributed by atoms with Gasteiger partial charge >= 0.3 is 0 Å². The molecule has 1 saturated heterocycles. The van der Waals surface area contributed by atoms with E-state index in [2.05, 4.69) is 28.5 Å². The number of nitrogens with one attached hydrogen (secondary N) is 1. The third-order valence-corrected chi connectivity index (χ3v) is 4.57. The molecule has 1 unspecified atom stereocenters. The molecule has 0 saturated carbocycles. The smallest absolute Gasteiger partial charge is 0.167 e. The zero-order valence-electron chi connectivity index (χ0n) is 12.8. The molecule has 4 rings (SSSR count). The number of aromatic nitrogens is 1. The molecule has 0 radical (unpaired) electrons. The van der Waals surface area contributed by atoms with Crippen LogP contribution in [0.15, 0.2) is 60.9 Å². The number of hydrogen-bond donors (Lipinski definition) is 1. The average molecular weight is 302 g/mol. The van der Waals surface area contributed by atoms with E-state index in [9.17, 15) is 4.79 Å². The van der Waals surface area contributed by atoms with E-state index in [1.54, 1.807) is 0 Å². The van der Waals surface area contributed by atoms with Crippen LogP contribution in [0.25, 0.3) is 21.9 Å². The first kappa shape index (κ1) is 14.1. The van der Waals surface area contributed by atoms with E-state index in [1.165, 1.54) is 5.39 Å². The van der Waals surface area contributed by atoms with Crippen molar-refractivity contribution < 1.29 is 4.79 Å². The molecule has 0 bridgehead atoms. The fourth-order valence-electron chi connectivity index (χ4n) is 3.20. The highest BCUT2D eigenvalue weighted by Crippen LogP contribution is 2.25. The van der Waals surface area contributed by atoms with E-state index in [-0.39, 0.29) is 11.7 Å². The molecule has 2 aromatic carbocycles. The van der Waals surface area contributed by atoms with Crippen LogP contribution in [0.2, 0.25) is 0 Å². The quantitative estimate of drug-likeness (QED) is 0.750. The van der Waals surface area contributed by atoms with Crippen LogP contribution in [-0.2, 0) is 0 Å². The first-order valence-electron chi connectivity index (χ1n) is 8.00. The van der Waals surface area contributed by atoms with Crippen molar-refractivity contribution in [1.82, 2.24) is 10.3 Å². The molecule has 1 N–H and O–H groups in total. The second kappa shape index (κ2) is 5.94. The summed E-state index contributed by atoms with van der Waals surface area (Å²) in [6, 6.07) is 16.3. The van der Waals surface area contributed by atoms with Crippen molar-refractivity contribution in [3.8, 4) is 11.1 Å². The van der Waals surface area contributed by atoms with Crippen molar-refractivity contribution in [2.45, 2.75) is 6.42 Å². The van der Waals surface area contributed by atoms with Gasteiger partial charge in [0.15, 0.2) is 5.78 Å². The summed E-state index contributed by atoms with van der Waals surface area (Å²) in [5.74, 6) is 0.389. The van der Waals surface area contributed by atoms with Gasteiger partial charge in [-0.25, -0.2) is 0 Å². The van der Waals surface area contributed by atoms with Gasteiger partial charge in [0.05, 0.1) is 0 Å². The summed E-state index contributed by atoms with van der Waals surface area (Å²) in [6.07, 6.45) is 4.62. The number of pyridine rings is 1. The third-order valence-electron chi connectivity index (χ3n) is 4.57. The minimum Gasteiger partial charge on any atom is -0.316 e. The van der Waals surface area contributed by atoms with Crippen molar-refractivity contribution in [3.05, 3.63) is 66.5 Å². The van der Waals surface area contributed by atoms with Gasteiger partial charge in [0, 0.05) is 35.8 Å². The second-order valence-electron chi connectivity index (χ2n) is 6.07. The fraction of sp³-hybridized carbons (Fsp3) is 0.200. The van der Waals surface area contributed by atoms with Crippen molar-refractivity contribution in [3.63, 3.8) is 0 Å². The Morgan fingerprint density at radius 2 is 1.83 bits per heavy atom. The Hall–Kier alpha value is -2.52. The molecular formula is C20H18N2O. The van der Waals surface area contributed by atoms with Crippen molar-refractivity contribution in [2.75, 3.05) is 13.1 Å². The molecule has 0 aliphatic carbocycles. The Balaban J connectivity index is 1.62. The summed E-state index contributed by atoms with van der Waals surface area (Å²) in [6.45, 7) is 1.75. The summed E-state index contributed by atoms with van der Waals surface area (Å²) in [7, 11) is 0. The predicted octanol–water partition coefficient (Wildman–Crippen LogP) is 3.69. The van der Waals surface area contributed by atoms with Gasteiger partial charge in [-0.15, -0.1) is 0 Å². The molecule has 0 amide bonds. The number of rotatable bonds is 3. The van der Waals surface area contributed by atoms with Gasteiger partial charge in [-0.3, -0.25) is 9.78 Å². The number of carbonyl (C=O) groups excluding carboxylic acids is 1. The number of Topliss-reactive ketones (excluding diaryl/α,β-unsaturated/α-hetero) is 1. The number of carbonyl (C=O) groups is 1. The summed E-state index contributed by atoms with van der Waals surface area (Å²) in [5, 5.41) is 5.56. The number of hydrogen-bond acceptors (Lipinski definition) is 3. The molecule has 1 aliphatic rings. The SMILES string of the molecule is O=C(c1ccc(-c2ccc3cnccc3c2)cc1)C1CCNC1. The van der Waals surface area contributed by atoms with Gasteiger partial charge in [0.2, 0.25) is 0 Å². The summed E-state index contributed by atoms with van der Waals surface area (Å²) < 4.78 is 0. The van der Waals surface area contributed by atoms with Crippen LogP contribution < -0.4 is 5.32 Å². The van der Waals surface area contributed by atoms with E-state index in [0.717, 1.165) is 41.6 Å². The zero-order chi connectivity index (χ0) is 15.6. The van der Waals surface area contributed by atoms with Gasteiger partial charge in [0.1, 0.15) is 0 Å². The van der Waals surface area contributed by atoms with Crippen molar-refractivity contribution >= 4 is 16.6 Å². The topological polar surface area (TPSA) is 42.0 Å². The van der Waals surface area contributed by atoms with Gasteiger partial charge in [0.25, 0.3) is 0 Å². The lowest BCUT2D eigenvalue weighted by atomic mass is 9.95. The Labute approximate surface area is 135 Å². The second-order valence-corrected chi connectivity index (χ2v) is 6.07. The molecule has 1 fully saturated rings. The molecular weight excluding hydrogens is 284 g/mol.